The molecular weight excluding hydrogens is 234 g/mol. The SMILES string of the molecule is CNCc1[nH]c(C)nc1-c1c(C)c(C)cc(C)c1C. The molecule has 0 bridgehead atoms. The van der Waals surface area contributed by atoms with Crippen molar-refractivity contribution in [3.63, 3.8) is 0 Å². The molecule has 0 saturated heterocycles. The summed E-state index contributed by atoms with van der Waals surface area (Å²) < 4.78 is 0. The fourth-order valence-electron chi connectivity index (χ4n) is 2.62. The number of aryl methyl sites for hydroxylation is 3. The highest BCUT2D eigenvalue weighted by molar-refractivity contribution is 5.72. The van der Waals surface area contributed by atoms with Crippen molar-refractivity contribution in [2.45, 2.75) is 41.2 Å². The molecule has 2 N–H and O–H groups in total. The zero-order valence-corrected chi connectivity index (χ0v) is 12.7. The highest BCUT2D eigenvalue weighted by atomic mass is 15.0. The van der Waals surface area contributed by atoms with Crippen molar-refractivity contribution in [3.05, 3.63) is 39.8 Å². The van der Waals surface area contributed by atoms with E-state index in [1.807, 2.05) is 14.0 Å². The minimum Gasteiger partial charge on any atom is -0.345 e. The molecule has 0 fully saturated rings. The van der Waals surface area contributed by atoms with Gasteiger partial charge in [-0.2, -0.15) is 0 Å². The molecule has 2 rings (SSSR count). The summed E-state index contributed by atoms with van der Waals surface area (Å²) in [4.78, 5) is 8.07. The summed E-state index contributed by atoms with van der Waals surface area (Å²) in [5.41, 5.74) is 8.85. The molecule has 102 valence electrons. The number of hydrogen-bond acceptors (Lipinski definition) is 2. The van der Waals surface area contributed by atoms with Crippen molar-refractivity contribution in [3.8, 4) is 11.3 Å². The van der Waals surface area contributed by atoms with Crippen molar-refractivity contribution in [2.24, 2.45) is 0 Å². The normalized spacial score (nSPS) is 11.1. The van der Waals surface area contributed by atoms with Crippen molar-refractivity contribution >= 4 is 0 Å². The predicted molar refractivity (Wildman–Crippen MR) is 80.5 cm³/mol. The average Bonchev–Trinajstić information content (AvgIpc) is 2.69. The topological polar surface area (TPSA) is 40.7 Å². The number of H-pyrrole nitrogens is 1. The van der Waals surface area contributed by atoms with E-state index in [9.17, 15) is 0 Å². The summed E-state index contributed by atoms with van der Waals surface area (Å²) in [5, 5.41) is 3.20. The van der Waals surface area contributed by atoms with Crippen molar-refractivity contribution in [2.75, 3.05) is 7.05 Å². The molecular formula is C16H23N3. The van der Waals surface area contributed by atoms with Crippen LogP contribution in [-0.2, 0) is 6.54 Å². The minimum absolute atomic E-state index is 0.808. The molecule has 0 saturated carbocycles. The van der Waals surface area contributed by atoms with Gasteiger partial charge in [0.15, 0.2) is 0 Å². The minimum atomic E-state index is 0.808. The molecule has 3 heteroatoms. The van der Waals surface area contributed by atoms with Crippen LogP contribution in [-0.4, -0.2) is 17.0 Å². The second-order valence-corrected chi connectivity index (χ2v) is 5.32. The standard InChI is InChI=1S/C16H23N3/c1-9-7-10(2)12(4)15(11(9)3)16-14(8-17-6)18-13(5)19-16/h7,17H,8H2,1-6H3,(H,18,19). The lowest BCUT2D eigenvalue weighted by Gasteiger charge is -2.15. The van der Waals surface area contributed by atoms with E-state index in [1.54, 1.807) is 0 Å². The molecule has 1 heterocycles. The van der Waals surface area contributed by atoms with E-state index in [0.717, 1.165) is 23.8 Å². The third-order valence-electron chi connectivity index (χ3n) is 3.85. The maximum Gasteiger partial charge on any atom is 0.103 e. The van der Waals surface area contributed by atoms with Crippen LogP contribution >= 0.6 is 0 Å². The third kappa shape index (κ3) is 2.43. The summed E-state index contributed by atoms with van der Waals surface area (Å²) in [6.07, 6.45) is 0. The van der Waals surface area contributed by atoms with Gasteiger partial charge in [-0.25, -0.2) is 4.98 Å². The Hall–Kier alpha value is -1.61. The lowest BCUT2D eigenvalue weighted by Crippen LogP contribution is -2.07. The van der Waals surface area contributed by atoms with Gasteiger partial charge >= 0.3 is 0 Å². The van der Waals surface area contributed by atoms with Gasteiger partial charge in [-0.15, -0.1) is 0 Å². The van der Waals surface area contributed by atoms with Gasteiger partial charge in [0.1, 0.15) is 5.82 Å². The first-order chi connectivity index (χ1) is 8.95. The third-order valence-corrected chi connectivity index (χ3v) is 3.85. The molecule has 0 aliphatic carbocycles. The van der Waals surface area contributed by atoms with Crippen LogP contribution < -0.4 is 5.32 Å². The zero-order chi connectivity index (χ0) is 14.2. The number of nitrogens with zero attached hydrogens (tertiary/aromatic N) is 1. The molecule has 0 radical (unpaired) electrons. The first-order valence-electron chi connectivity index (χ1n) is 6.73. The fourth-order valence-corrected chi connectivity index (χ4v) is 2.62. The smallest absolute Gasteiger partial charge is 0.103 e. The molecule has 0 spiro atoms. The molecule has 0 amide bonds. The Balaban J connectivity index is 2.71. The van der Waals surface area contributed by atoms with Crippen molar-refractivity contribution in [1.29, 1.82) is 0 Å². The van der Waals surface area contributed by atoms with E-state index in [2.05, 4.69) is 44.1 Å². The Labute approximate surface area is 115 Å². The summed E-state index contributed by atoms with van der Waals surface area (Å²) in [7, 11) is 1.96. The van der Waals surface area contributed by atoms with Crippen LogP contribution in [0.1, 0.15) is 33.8 Å². The Morgan fingerprint density at radius 3 is 2.16 bits per heavy atom. The Kier molecular flexibility index (Phi) is 3.76. The Morgan fingerprint density at radius 2 is 1.63 bits per heavy atom. The number of aromatic nitrogens is 2. The summed E-state index contributed by atoms with van der Waals surface area (Å²) >= 11 is 0. The zero-order valence-electron chi connectivity index (χ0n) is 12.7. The van der Waals surface area contributed by atoms with Gasteiger partial charge in [0, 0.05) is 12.1 Å². The van der Waals surface area contributed by atoms with Crippen LogP contribution in [0.25, 0.3) is 11.3 Å². The number of aromatic amines is 1. The molecule has 0 atom stereocenters. The van der Waals surface area contributed by atoms with Crippen LogP contribution in [0.2, 0.25) is 0 Å². The molecule has 2 aromatic rings. The molecule has 0 unspecified atom stereocenters. The van der Waals surface area contributed by atoms with Crippen LogP contribution in [0, 0.1) is 34.6 Å². The van der Waals surface area contributed by atoms with Gasteiger partial charge in [-0.3, -0.25) is 0 Å². The van der Waals surface area contributed by atoms with E-state index in [0.29, 0.717) is 0 Å². The highest BCUT2D eigenvalue weighted by Gasteiger charge is 2.16. The van der Waals surface area contributed by atoms with Gasteiger partial charge in [-0.1, -0.05) is 6.07 Å². The Bertz CT molecular complexity index is 583. The van der Waals surface area contributed by atoms with Crippen molar-refractivity contribution < 1.29 is 0 Å². The van der Waals surface area contributed by atoms with Crippen molar-refractivity contribution in [1.82, 2.24) is 15.3 Å². The van der Waals surface area contributed by atoms with Crippen LogP contribution in [0.15, 0.2) is 6.07 Å². The first-order valence-corrected chi connectivity index (χ1v) is 6.73. The number of nitrogens with one attached hydrogen (secondary N) is 2. The summed E-state index contributed by atoms with van der Waals surface area (Å²) in [5.74, 6) is 0.971. The van der Waals surface area contributed by atoms with Crippen LogP contribution in [0.5, 0.6) is 0 Å². The lowest BCUT2D eigenvalue weighted by atomic mass is 9.91. The number of imidazole rings is 1. The summed E-state index contributed by atoms with van der Waals surface area (Å²) in [6, 6.07) is 2.26. The van der Waals surface area contributed by atoms with E-state index in [-0.39, 0.29) is 0 Å². The monoisotopic (exact) mass is 257 g/mol. The van der Waals surface area contributed by atoms with E-state index in [4.69, 9.17) is 4.98 Å². The van der Waals surface area contributed by atoms with Gasteiger partial charge < -0.3 is 10.3 Å². The lowest BCUT2D eigenvalue weighted by molar-refractivity contribution is 0.796. The fraction of sp³-hybridized carbons (Fsp3) is 0.438. The predicted octanol–water partition coefficient (Wildman–Crippen LogP) is 3.34. The van der Waals surface area contributed by atoms with E-state index >= 15 is 0 Å². The van der Waals surface area contributed by atoms with Crippen LogP contribution in [0.3, 0.4) is 0 Å². The quantitative estimate of drug-likeness (QED) is 0.885. The molecule has 19 heavy (non-hydrogen) atoms. The molecule has 3 nitrogen and oxygen atoms in total. The molecule has 1 aromatic heterocycles. The van der Waals surface area contributed by atoms with Crippen LogP contribution in [0.4, 0.5) is 0 Å². The van der Waals surface area contributed by atoms with Gasteiger partial charge in [0.25, 0.3) is 0 Å². The number of hydrogen-bond donors (Lipinski definition) is 2. The maximum absolute atomic E-state index is 4.71. The Morgan fingerprint density at radius 1 is 1.05 bits per heavy atom. The van der Waals surface area contributed by atoms with Gasteiger partial charge in [0.2, 0.25) is 0 Å². The largest absolute Gasteiger partial charge is 0.345 e. The first kappa shape index (κ1) is 13.8. The number of rotatable bonds is 3. The summed E-state index contributed by atoms with van der Waals surface area (Å²) in [6.45, 7) is 11.5. The molecule has 1 aromatic carbocycles. The second-order valence-electron chi connectivity index (χ2n) is 5.32. The van der Waals surface area contributed by atoms with E-state index in [1.165, 1.54) is 27.8 Å². The molecule has 0 aliphatic rings. The second kappa shape index (κ2) is 5.17. The number of benzene rings is 1. The maximum atomic E-state index is 4.71. The average molecular weight is 257 g/mol. The van der Waals surface area contributed by atoms with Gasteiger partial charge in [-0.05, 0) is 63.9 Å². The van der Waals surface area contributed by atoms with Gasteiger partial charge in [0.05, 0.1) is 11.4 Å². The van der Waals surface area contributed by atoms with E-state index < -0.39 is 0 Å². The highest BCUT2D eigenvalue weighted by Crippen LogP contribution is 2.32. The molecule has 0 aliphatic heterocycles.